The molecule has 0 spiro atoms. The lowest BCUT2D eigenvalue weighted by Gasteiger charge is -2.12. The number of sulfonamides is 1. The third-order valence-corrected chi connectivity index (χ3v) is 6.71. The van der Waals surface area contributed by atoms with Gasteiger partial charge in [0.2, 0.25) is 10.0 Å². The average Bonchev–Trinajstić information content (AvgIpc) is 2.95. The molecule has 5 nitrogen and oxygen atoms in total. The second kappa shape index (κ2) is 7.86. The number of anilines is 1. The molecule has 0 bridgehead atoms. The molecule has 0 aliphatic heterocycles. The first-order valence-electron chi connectivity index (χ1n) is 8.90. The highest BCUT2D eigenvalue weighted by atomic mass is 32.2. The maximum absolute atomic E-state index is 12.5. The van der Waals surface area contributed by atoms with Gasteiger partial charge in [-0.2, -0.15) is 0 Å². The number of nitrogens with one attached hydrogen (secondary N) is 1. The molecule has 0 aliphatic rings. The Morgan fingerprint density at radius 2 is 2.00 bits per heavy atom. The van der Waals surface area contributed by atoms with Crippen LogP contribution in [0.25, 0.3) is 21.3 Å². The highest BCUT2D eigenvalue weighted by molar-refractivity contribution is 7.92. The molecule has 7 heteroatoms. The Bertz CT molecular complexity index is 1070. The largest absolute Gasteiger partial charge is 0.497 e. The molecule has 27 heavy (non-hydrogen) atoms. The van der Waals surface area contributed by atoms with Gasteiger partial charge in [-0.25, -0.2) is 13.4 Å². The summed E-state index contributed by atoms with van der Waals surface area (Å²) in [6.45, 7) is 5.89. The number of methoxy groups -OCH3 is 1. The molecule has 0 atom stereocenters. The lowest BCUT2D eigenvalue weighted by atomic mass is 10.0. The molecule has 0 fully saturated rings. The topological polar surface area (TPSA) is 68.3 Å². The van der Waals surface area contributed by atoms with Crippen LogP contribution in [-0.4, -0.2) is 26.3 Å². The lowest BCUT2D eigenvalue weighted by Crippen LogP contribution is -2.17. The number of aromatic nitrogens is 1. The number of thiophene rings is 1. The fraction of sp³-hybridized carbons (Fsp3) is 0.350. The van der Waals surface area contributed by atoms with E-state index in [2.05, 4.69) is 9.71 Å². The predicted octanol–water partition coefficient (Wildman–Crippen LogP) is 5.13. The summed E-state index contributed by atoms with van der Waals surface area (Å²) in [5.41, 5.74) is 3.36. The van der Waals surface area contributed by atoms with E-state index in [1.54, 1.807) is 18.4 Å². The number of hydrogen-bond acceptors (Lipinski definition) is 5. The Kier molecular flexibility index (Phi) is 5.72. The number of hydrogen-bond donors (Lipinski definition) is 1. The first-order chi connectivity index (χ1) is 12.8. The van der Waals surface area contributed by atoms with E-state index in [9.17, 15) is 8.42 Å². The van der Waals surface area contributed by atoms with E-state index in [0.717, 1.165) is 44.1 Å². The van der Waals surface area contributed by atoms with Crippen LogP contribution in [0, 0.1) is 13.8 Å². The van der Waals surface area contributed by atoms with Gasteiger partial charge in [0.05, 0.1) is 18.6 Å². The van der Waals surface area contributed by atoms with Gasteiger partial charge in [-0.1, -0.05) is 25.5 Å². The summed E-state index contributed by atoms with van der Waals surface area (Å²) < 4.78 is 33.2. The second-order valence-corrected chi connectivity index (χ2v) is 9.58. The molecule has 3 aromatic rings. The molecule has 0 aliphatic carbocycles. The normalized spacial score (nSPS) is 11.7. The van der Waals surface area contributed by atoms with E-state index in [4.69, 9.17) is 4.74 Å². The minimum Gasteiger partial charge on any atom is -0.497 e. The maximum Gasteiger partial charge on any atom is 0.232 e. The predicted molar refractivity (Wildman–Crippen MR) is 113 cm³/mol. The molecule has 0 radical (unpaired) electrons. The molecule has 0 unspecified atom stereocenters. The Morgan fingerprint density at radius 1 is 1.22 bits per heavy atom. The Balaban J connectivity index is 2.19. The van der Waals surface area contributed by atoms with E-state index in [0.29, 0.717) is 12.1 Å². The van der Waals surface area contributed by atoms with E-state index >= 15 is 0 Å². The molecule has 2 aromatic heterocycles. The van der Waals surface area contributed by atoms with Crippen LogP contribution in [0.5, 0.6) is 5.75 Å². The average molecular weight is 405 g/mol. The van der Waals surface area contributed by atoms with Crippen LogP contribution in [0.4, 0.5) is 5.69 Å². The summed E-state index contributed by atoms with van der Waals surface area (Å²) in [7, 11) is -1.77. The van der Waals surface area contributed by atoms with E-state index in [1.807, 2.05) is 51.1 Å². The van der Waals surface area contributed by atoms with Crippen LogP contribution < -0.4 is 9.46 Å². The fourth-order valence-corrected chi connectivity index (χ4v) is 5.47. The molecular weight excluding hydrogens is 380 g/mol. The van der Waals surface area contributed by atoms with Gasteiger partial charge in [0, 0.05) is 21.5 Å². The lowest BCUT2D eigenvalue weighted by molar-refractivity contribution is 0.415. The number of aryl methyl sites for hydroxylation is 2. The third kappa shape index (κ3) is 4.25. The number of rotatable bonds is 7. The first-order valence-corrected chi connectivity index (χ1v) is 11.4. The van der Waals surface area contributed by atoms with Crippen LogP contribution in [0.15, 0.2) is 30.3 Å². The summed E-state index contributed by atoms with van der Waals surface area (Å²) in [5.74, 6) is 0.876. The van der Waals surface area contributed by atoms with Crippen molar-refractivity contribution in [2.75, 3.05) is 17.6 Å². The van der Waals surface area contributed by atoms with Gasteiger partial charge in [-0.15, -0.1) is 11.3 Å². The number of nitrogens with zero attached hydrogens (tertiary/aromatic N) is 1. The van der Waals surface area contributed by atoms with Gasteiger partial charge in [0.15, 0.2) is 0 Å². The van der Waals surface area contributed by atoms with Crippen molar-refractivity contribution in [1.82, 2.24) is 4.98 Å². The van der Waals surface area contributed by atoms with E-state index in [-0.39, 0.29) is 5.75 Å². The fourth-order valence-electron chi connectivity index (χ4n) is 3.09. The maximum atomic E-state index is 12.5. The summed E-state index contributed by atoms with van der Waals surface area (Å²) in [4.78, 5) is 6.55. The molecular formula is C20H24N2O3S2. The minimum atomic E-state index is -3.41. The Hall–Kier alpha value is -2.12. The molecule has 1 aromatic carbocycles. The van der Waals surface area contributed by atoms with Gasteiger partial charge >= 0.3 is 0 Å². The van der Waals surface area contributed by atoms with Crippen molar-refractivity contribution in [2.45, 2.75) is 33.6 Å². The van der Waals surface area contributed by atoms with Crippen molar-refractivity contribution in [3.05, 3.63) is 40.9 Å². The van der Waals surface area contributed by atoms with Crippen molar-refractivity contribution in [2.24, 2.45) is 0 Å². The van der Waals surface area contributed by atoms with Gasteiger partial charge in [0.1, 0.15) is 10.6 Å². The summed E-state index contributed by atoms with van der Waals surface area (Å²) >= 11 is 1.57. The third-order valence-electron chi connectivity index (χ3n) is 4.36. The molecule has 0 amide bonds. The van der Waals surface area contributed by atoms with Crippen LogP contribution >= 0.6 is 11.3 Å². The van der Waals surface area contributed by atoms with Gasteiger partial charge < -0.3 is 4.74 Å². The van der Waals surface area contributed by atoms with Crippen LogP contribution in [-0.2, 0) is 10.0 Å². The highest BCUT2D eigenvalue weighted by Gasteiger charge is 2.20. The molecule has 0 saturated carbocycles. The quantitative estimate of drug-likeness (QED) is 0.593. The van der Waals surface area contributed by atoms with Crippen molar-refractivity contribution in [3.8, 4) is 16.9 Å². The zero-order chi connectivity index (χ0) is 19.6. The molecule has 2 heterocycles. The number of benzene rings is 1. The summed E-state index contributed by atoms with van der Waals surface area (Å²) in [6, 6.07) is 9.60. The Labute approximate surface area is 164 Å². The number of fused-ring (bicyclic) bond motifs is 1. The monoisotopic (exact) mass is 404 g/mol. The van der Waals surface area contributed by atoms with Crippen LogP contribution in [0.1, 0.15) is 30.3 Å². The number of pyridine rings is 1. The standard InChI is InChI=1S/C20H24N2O3S2/c1-5-6-10-27(23,24)22-17-11-13(2)21-20-19(17)18(14(3)26-20)15-8-7-9-16(12-15)25-4/h7-9,11-12H,5-6,10H2,1-4H3,(H,21,22). The summed E-state index contributed by atoms with van der Waals surface area (Å²) in [6.07, 6.45) is 1.46. The van der Waals surface area contributed by atoms with Crippen LogP contribution in [0.3, 0.4) is 0 Å². The van der Waals surface area contributed by atoms with Gasteiger partial charge in [-0.3, -0.25) is 4.72 Å². The zero-order valence-electron chi connectivity index (χ0n) is 16.0. The van der Waals surface area contributed by atoms with Crippen molar-refractivity contribution < 1.29 is 13.2 Å². The van der Waals surface area contributed by atoms with Gasteiger partial charge in [-0.05, 0) is 44.0 Å². The first kappa shape index (κ1) is 19.6. The minimum absolute atomic E-state index is 0.115. The van der Waals surface area contributed by atoms with E-state index < -0.39 is 10.0 Å². The molecule has 0 saturated heterocycles. The van der Waals surface area contributed by atoms with Crippen LogP contribution in [0.2, 0.25) is 0 Å². The van der Waals surface area contributed by atoms with E-state index in [1.165, 1.54) is 0 Å². The smallest absolute Gasteiger partial charge is 0.232 e. The zero-order valence-corrected chi connectivity index (χ0v) is 17.6. The number of ether oxygens (including phenoxy) is 1. The Morgan fingerprint density at radius 3 is 2.70 bits per heavy atom. The van der Waals surface area contributed by atoms with Crippen molar-refractivity contribution in [3.63, 3.8) is 0 Å². The van der Waals surface area contributed by atoms with Crippen molar-refractivity contribution >= 4 is 37.3 Å². The number of unbranched alkanes of at least 4 members (excludes halogenated alkanes) is 1. The SMILES string of the molecule is CCCCS(=O)(=O)Nc1cc(C)nc2sc(C)c(-c3cccc(OC)c3)c12. The summed E-state index contributed by atoms with van der Waals surface area (Å²) in [5, 5.41) is 0.844. The van der Waals surface area contributed by atoms with Crippen molar-refractivity contribution in [1.29, 1.82) is 0 Å². The molecule has 144 valence electrons. The molecule has 3 rings (SSSR count). The highest BCUT2D eigenvalue weighted by Crippen LogP contribution is 2.42. The molecule has 1 N–H and O–H groups in total. The second-order valence-electron chi connectivity index (χ2n) is 6.53. The van der Waals surface area contributed by atoms with Gasteiger partial charge in [0.25, 0.3) is 0 Å².